The van der Waals surface area contributed by atoms with Gasteiger partial charge in [-0.1, -0.05) is 41.4 Å². The maximum atomic E-state index is 5.98. The lowest BCUT2D eigenvalue weighted by Gasteiger charge is -2.08. The quantitative estimate of drug-likeness (QED) is 0.575. The van der Waals surface area contributed by atoms with Crippen molar-refractivity contribution in [2.45, 2.75) is 31.5 Å². The van der Waals surface area contributed by atoms with E-state index < -0.39 is 0 Å². The Morgan fingerprint density at radius 3 is 2.50 bits per heavy atom. The molecule has 0 saturated heterocycles. The third kappa shape index (κ3) is 3.84. The van der Waals surface area contributed by atoms with Crippen LogP contribution in [0.4, 0.5) is 0 Å². The average molecular weight is 361 g/mol. The van der Waals surface area contributed by atoms with Crippen LogP contribution in [0.1, 0.15) is 36.4 Å². The van der Waals surface area contributed by atoms with Crippen molar-refractivity contribution in [2.75, 3.05) is 0 Å². The molecule has 4 heteroatoms. The topological polar surface area (TPSA) is 0 Å². The second-order valence-corrected chi connectivity index (χ2v) is 7.62. The highest BCUT2D eigenvalue weighted by Crippen LogP contribution is 2.40. The van der Waals surface area contributed by atoms with Gasteiger partial charge in [-0.2, -0.15) is 0 Å². The molecule has 0 aliphatic rings. The molecule has 80 valence electrons. The number of hydrogen-bond acceptors (Lipinski definition) is 1. The summed E-state index contributed by atoms with van der Waals surface area (Å²) in [6.45, 7) is 4.49. The minimum absolute atomic E-state index is 0.443. The Kier molecular flexibility index (Phi) is 5.47. The van der Waals surface area contributed by atoms with E-state index >= 15 is 0 Å². The second kappa shape index (κ2) is 5.88. The van der Waals surface area contributed by atoms with Crippen molar-refractivity contribution >= 4 is 54.8 Å². The summed E-state index contributed by atoms with van der Waals surface area (Å²) in [6.07, 6.45) is 2.41. The smallest absolute Gasteiger partial charge is 0.0887 e. The van der Waals surface area contributed by atoms with Gasteiger partial charge in [0.25, 0.3) is 0 Å². The van der Waals surface area contributed by atoms with E-state index in [9.17, 15) is 0 Å². The van der Waals surface area contributed by atoms with Crippen LogP contribution in [0.25, 0.3) is 0 Å². The SMILES string of the molecule is CC(C)CCC(Br)c1cc(Cl)c(Br)s1. The Morgan fingerprint density at radius 1 is 1.43 bits per heavy atom. The fourth-order valence-corrected chi connectivity index (χ4v) is 3.58. The van der Waals surface area contributed by atoms with Gasteiger partial charge < -0.3 is 0 Å². The van der Waals surface area contributed by atoms with Crippen molar-refractivity contribution in [3.63, 3.8) is 0 Å². The van der Waals surface area contributed by atoms with Gasteiger partial charge in [0.15, 0.2) is 0 Å². The van der Waals surface area contributed by atoms with Crippen molar-refractivity contribution in [3.8, 4) is 0 Å². The van der Waals surface area contributed by atoms with Crippen LogP contribution in [-0.4, -0.2) is 0 Å². The maximum Gasteiger partial charge on any atom is 0.0887 e. The van der Waals surface area contributed by atoms with Gasteiger partial charge in [-0.3, -0.25) is 0 Å². The molecule has 0 spiro atoms. The lowest BCUT2D eigenvalue weighted by molar-refractivity contribution is 0.556. The number of hydrogen-bond donors (Lipinski definition) is 0. The fraction of sp³-hybridized carbons (Fsp3) is 0.600. The summed E-state index contributed by atoms with van der Waals surface area (Å²) in [6, 6.07) is 2.04. The largest absolute Gasteiger partial charge is 0.130 e. The predicted molar refractivity (Wildman–Crippen MR) is 72.8 cm³/mol. The van der Waals surface area contributed by atoms with Gasteiger partial charge in [0.05, 0.1) is 8.81 Å². The van der Waals surface area contributed by atoms with E-state index in [0.29, 0.717) is 4.83 Å². The molecule has 1 atom stereocenters. The minimum atomic E-state index is 0.443. The monoisotopic (exact) mass is 358 g/mol. The molecular weight excluding hydrogens is 347 g/mol. The molecule has 0 aromatic carbocycles. The Morgan fingerprint density at radius 2 is 2.07 bits per heavy atom. The molecule has 0 N–H and O–H groups in total. The van der Waals surface area contributed by atoms with Crippen LogP contribution in [0.5, 0.6) is 0 Å². The van der Waals surface area contributed by atoms with E-state index in [2.05, 4.69) is 45.7 Å². The van der Waals surface area contributed by atoms with Gasteiger partial charge >= 0.3 is 0 Å². The van der Waals surface area contributed by atoms with Crippen LogP contribution >= 0.6 is 54.8 Å². The summed E-state index contributed by atoms with van der Waals surface area (Å²) in [5.74, 6) is 0.758. The molecule has 0 saturated carbocycles. The van der Waals surface area contributed by atoms with Crippen molar-refractivity contribution in [1.82, 2.24) is 0 Å². The Labute approximate surface area is 111 Å². The van der Waals surface area contributed by atoms with E-state index in [-0.39, 0.29) is 0 Å². The standard InChI is InChI=1S/C10H13Br2ClS/c1-6(2)3-4-7(11)9-5-8(13)10(12)14-9/h5-7H,3-4H2,1-2H3. The van der Waals surface area contributed by atoms with E-state index in [0.717, 1.165) is 14.7 Å². The third-order valence-corrected chi connectivity index (χ3v) is 5.81. The van der Waals surface area contributed by atoms with Crippen LogP contribution in [-0.2, 0) is 0 Å². The first-order valence-electron chi connectivity index (χ1n) is 4.59. The molecule has 1 aromatic rings. The number of rotatable bonds is 4. The zero-order chi connectivity index (χ0) is 10.7. The molecule has 0 amide bonds. The summed E-state index contributed by atoms with van der Waals surface area (Å²) >= 11 is 14.8. The average Bonchev–Trinajstić information content (AvgIpc) is 2.43. The van der Waals surface area contributed by atoms with Gasteiger partial charge in [-0.15, -0.1) is 11.3 Å². The van der Waals surface area contributed by atoms with Gasteiger partial charge in [-0.05, 0) is 40.8 Å². The van der Waals surface area contributed by atoms with E-state index in [4.69, 9.17) is 11.6 Å². The highest BCUT2D eigenvalue weighted by molar-refractivity contribution is 9.11. The maximum absolute atomic E-state index is 5.98. The van der Waals surface area contributed by atoms with Crippen LogP contribution in [0, 0.1) is 5.92 Å². The van der Waals surface area contributed by atoms with Crippen molar-refractivity contribution in [1.29, 1.82) is 0 Å². The van der Waals surface area contributed by atoms with Crippen molar-refractivity contribution < 1.29 is 0 Å². The van der Waals surface area contributed by atoms with E-state index in [1.165, 1.54) is 17.7 Å². The van der Waals surface area contributed by atoms with Gasteiger partial charge in [0.1, 0.15) is 0 Å². The van der Waals surface area contributed by atoms with Crippen LogP contribution < -0.4 is 0 Å². The molecule has 0 fully saturated rings. The molecule has 1 aromatic heterocycles. The first kappa shape index (κ1) is 13.0. The molecule has 1 unspecified atom stereocenters. The first-order valence-corrected chi connectivity index (χ1v) is 7.49. The third-order valence-electron chi connectivity index (χ3n) is 1.97. The summed E-state index contributed by atoms with van der Waals surface area (Å²) in [5.41, 5.74) is 0. The molecular formula is C10H13Br2ClS. The summed E-state index contributed by atoms with van der Waals surface area (Å²) in [7, 11) is 0. The Bertz CT molecular complexity index is 277. The molecule has 1 heterocycles. The molecule has 0 bridgehead atoms. The van der Waals surface area contributed by atoms with E-state index in [1.54, 1.807) is 11.3 Å². The van der Waals surface area contributed by atoms with Crippen molar-refractivity contribution in [3.05, 3.63) is 19.8 Å². The zero-order valence-corrected chi connectivity index (χ0v) is 12.9. The second-order valence-electron chi connectivity index (χ2n) is 3.71. The normalized spacial score (nSPS) is 13.6. The molecule has 0 aliphatic heterocycles. The Hall–Kier alpha value is 0.950. The van der Waals surface area contributed by atoms with Gasteiger partial charge in [-0.25, -0.2) is 0 Å². The highest BCUT2D eigenvalue weighted by atomic mass is 79.9. The van der Waals surface area contributed by atoms with Crippen molar-refractivity contribution in [2.24, 2.45) is 5.92 Å². The number of halogens is 3. The molecule has 0 aliphatic carbocycles. The summed E-state index contributed by atoms with van der Waals surface area (Å²) in [4.78, 5) is 1.75. The highest BCUT2D eigenvalue weighted by Gasteiger charge is 2.13. The van der Waals surface area contributed by atoms with E-state index in [1.807, 2.05) is 6.07 Å². The van der Waals surface area contributed by atoms with Crippen LogP contribution in [0.2, 0.25) is 5.02 Å². The lowest BCUT2D eigenvalue weighted by atomic mass is 10.1. The molecule has 0 nitrogen and oxygen atoms in total. The van der Waals surface area contributed by atoms with Crippen LogP contribution in [0.3, 0.4) is 0 Å². The molecule has 14 heavy (non-hydrogen) atoms. The first-order chi connectivity index (χ1) is 6.50. The Balaban J connectivity index is 2.56. The predicted octanol–water partition coefficient (Wildman–Crippen LogP) is 6.04. The minimum Gasteiger partial charge on any atom is -0.130 e. The molecule has 1 rings (SSSR count). The lowest BCUT2D eigenvalue weighted by Crippen LogP contribution is -1.91. The number of alkyl halides is 1. The zero-order valence-electron chi connectivity index (χ0n) is 8.19. The summed E-state index contributed by atoms with van der Waals surface area (Å²) < 4.78 is 1.03. The summed E-state index contributed by atoms with van der Waals surface area (Å²) in [5, 5.41) is 0.819. The number of thiophene rings is 1. The molecule has 0 radical (unpaired) electrons. The van der Waals surface area contributed by atoms with Crippen LogP contribution in [0.15, 0.2) is 9.85 Å². The van der Waals surface area contributed by atoms with Gasteiger partial charge in [0.2, 0.25) is 0 Å². The van der Waals surface area contributed by atoms with Gasteiger partial charge in [0, 0.05) is 9.70 Å². The fourth-order valence-electron chi connectivity index (χ4n) is 1.14.